The van der Waals surface area contributed by atoms with Crippen molar-refractivity contribution in [2.24, 2.45) is 0 Å². The Labute approximate surface area is 155 Å². The molecule has 0 aliphatic heterocycles. The average molecular weight is 408 g/mol. The average Bonchev–Trinajstić information content (AvgIpc) is 2.40. The fourth-order valence-corrected chi connectivity index (χ4v) is 2.38. The highest BCUT2D eigenvalue weighted by Gasteiger charge is 2.36. The lowest BCUT2D eigenvalue weighted by Crippen LogP contribution is -2.47. The number of hydrogen-bond donors (Lipinski definition) is 1. The van der Waals surface area contributed by atoms with E-state index in [-0.39, 0.29) is 16.7 Å². The molecule has 3 nitrogen and oxygen atoms in total. The Kier molecular flexibility index (Phi) is 8.44. The molecule has 22 heavy (non-hydrogen) atoms. The molecule has 1 aromatic carbocycles. The lowest BCUT2D eigenvalue weighted by Gasteiger charge is -2.26. The summed E-state index contributed by atoms with van der Waals surface area (Å²) in [5, 5.41) is 3.26. The van der Waals surface area contributed by atoms with Crippen LogP contribution in [0.1, 0.15) is 32.6 Å². The minimum atomic E-state index is -1.84. The number of rotatable bonds is 7. The molecule has 0 aliphatic rings. The Balaban J connectivity index is 2.75. The third kappa shape index (κ3) is 7.01. The van der Waals surface area contributed by atoms with Gasteiger partial charge in [0.1, 0.15) is 5.75 Å². The fourth-order valence-electron chi connectivity index (χ4n) is 1.63. The van der Waals surface area contributed by atoms with Gasteiger partial charge in [-0.1, -0.05) is 77.8 Å². The van der Waals surface area contributed by atoms with E-state index in [1.807, 2.05) is 6.92 Å². The summed E-state index contributed by atoms with van der Waals surface area (Å²) in [6.45, 7) is 2.05. The molecule has 0 radical (unpaired) electrons. The molecule has 0 bridgehead atoms. The summed E-state index contributed by atoms with van der Waals surface area (Å²) in [5.74, 6) is 0.00566. The van der Waals surface area contributed by atoms with Crippen molar-refractivity contribution in [1.82, 2.24) is 5.32 Å². The third-order valence-corrected chi connectivity index (χ3v) is 3.86. The number of hydrogen-bond acceptors (Lipinski definition) is 2. The molecule has 1 aromatic rings. The van der Waals surface area contributed by atoms with Crippen LogP contribution in [0.5, 0.6) is 5.75 Å². The first kappa shape index (κ1) is 20.0. The van der Waals surface area contributed by atoms with Crippen LogP contribution >= 0.6 is 58.0 Å². The van der Waals surface area contributed by atoms with Crippen LogP contribution in [-0.2, 0) is 4.79 Å². The molecule has 0 spiro atoms. The number of benzene rings is 1. The van der Waals surface area contributed by atoms with E-state index in [0.29, 0.717) is 11.4 Å². The molecule has 0 aromatic heterocycles. The first-order valence-corrected chi connectivity index (χ1v) is 8.60. The molecule has 1 N–H and O–H groups in total. The van der Waals surface area contributed by atoms with E-state index in [9.17, 15) is 4.79 Å². The van der Waals surface area contributed by atoms with Gasteiger partial charge in [0.05, 0.1) is 5.02 Å². The summed E-state index contributed by atoms with van der Waals surface area (Å²) in [6.07, 6.45) is 1.90. The molecule has 1 rings (SSSR count). The summed E-state index contributed by atoms with van der Waals surface area (Å²) in [7, 11) is 0. The zero-order valence-electron chi connectivity index (χ0n) is 11.8. The molecule has 0 saturated carbocycles. The molecule has 8 heteroatoms. The minimum absolute atomic E-state index is 0.255. The smallest absolute Gasteiger partial charge is 0.246 e. The predicted octanol–water partition coefficient (Wildman–Crippen LogP) is 5.77. The summed E-state index contributed by atoms with van der Waals surface area (Å²) in [4.78, 5) is 11.9. The molecule has 0 aliphatic carbocycles. The van der Waals surface area contributed by atoms with Gasteiger partial charge < -0.3 is 10.1 Å². The maximum Gasteiger partial charge on any atom is 0.246 e. The number of carbonyl (C=O) groups excluding carboxylic acids is 1. The minimum Gasteiger partial charge on any atom is -0.464 e. The quantitative estimate of drug-likeness (QED) is 0.354. The fraction of sp³-hybridized carbons (Fsp3) is 0.500. The highest BCUT2D eigenvalue weighted by atomic mass is 35.6. The Morgan fingerprint density at radius 3 is 2.50 bits per heavy atom. The third-order valence-electron chi connectivity index (χ3n) is 2.74. The highest BCUT2D eigenvalue weighted by molar-refractivity contribution is 6.68. The number of nitrogens with one attached hydrogen (secondary N) is 1. The zero-order chi connectivity index (χ0) is 16.8. The maximum atomic E-state index is 11.9. The highest BCUT2D eigenvalue weighted by Crippen LogP contribution is 2.35. The largest absolute Gasteiger partial charge is 0.464 e. The van der Waals surface area contributed by atoms with Crippen LogP contribution in [0, 0.1) is 0 Å². The first-order chi connectivity index (χ1) is 10.2. The summed E-state index contributed by atoms with van der Waals surface area (Å²) in [5.41, 5.74) is 0. The molecule has 1 atom stereocenters. The molecule has 124 valence electrons. The van der Waals surface area contributed by atoms with Crippen molar-refractivity contribution in [3.63, 3.8) is 0 Å². The van der Waals surface area contributed by atoms with Crippen LogP contribution in [0.25, 0.3) is 0 Å². The Bertz CT molecular complexity index is 504. The van der Waals surface area contributed by atoms with Gasteiger partial charge in [0.25, 0.3) is 0 Å². The zero-order valence-corrected chi connectivity index (χ0v) is 15.6. The van der Waals surface area contributed by atoms with E-state index < -0.39 is 10.0 Å². The van der Waals surface area contributed by atoms with E-state index in [1.54, 1.807) is 6.07 Å². The molecular weight excluding hydrogens is 391 g/mol. The second kappa shape index (κ2) is 9.29. The topological polar surface area (TPSA) is 38.3 Å². The van der Waals surface area contributed by atoms with E-state index in [4.69, 9.17) is 62.7 Å². The summed E-state index contributed by atoms with van der Waals surface area (Å²) >= 11 is 29.4. The standard InChI is InChI=1S/C14H16Cl5NO2/c1-2-3-4-5-12(21)20-13(14(17,18)19)22-11-7-6-9(15)8-10(11)16/h6-8,13H,2-5H2,1H3,(H,20,21). The van der Waals surface area contributed by atoms with Gasteiger partial charge in [0.15, 0.2) is 0 Å². The number of amides is 1. The molecular formula is C14H16Cl5NO2. The van der Waals surface area contributed by atoms with Crippen LogP contribution in [0.3, 0.4) is 0 Å². The van der Waals surface area contributed by atoms with Crippen LogP contribution in [0.2, 0.25) is 10.0 Å². The second-order valence-electron chi connectivity index (χ2n) is 4.64. The van der Waals surface area contributed by atoms with Crippen LogP contribution in [0.15, 0.2) is 18.2 Å². The Hall–Kier alpha value is -0.0600. The van der Waals surface area contributed by atoms with E-state index in [1.165, 1.54) is 12.1 Å². The Morgan fingerprint density at radius 1 is 1.27 bits per heavy atom. The van der Waals surface area contributed by atoms with Crippen LogP contribution < -0.4 is 10.1 Å². The lowest BCUT2D eigenvalue weighted by molar-refractivity contribution is -0.123. The number of ether oxygens (including phenoxy) is 1. The van der Waals surface area contributed by atoms with Crippen molar-refractivity contribution in [3.8, 4) is 5.75 Å². The monoisotopic (exact) mass is 405 g/mol. The van der Waals surface area contributed by atoms with Crippen LogP contribution in [0.4, 0.5) is 0 Å². The van der Waals surface area contributed by atoms with E-state index >= 15 is 0 Å². The normalized spacial score (nSPS) is 12.8. The number of halogens is 5. The van der Waals surface area contributed by atoms with Gasteiger partial charge >= 0.3 is 0 Å². The first-order valence-electron chi connectivity index (χ1n) is 6.71. The molecule has 1 unspecified atom stereocenters. The van der Waals surface area contributed by atoms with E-state index in [2.05, 4.69) is 5.32 Å². The van der Waals surface area contributed by atoms with Crippen molar-refractivity contribution in [2.75, 3.05) is 0 Å². The molecule has 0 heterocycles. The van der Waals surface area contributed by atoms with Gasteiger partial charge in [-0.25, -0.2) is 0 Å². The summed E-state index contributed by atoms with van der Waals surface area (Å²) < 4.78 is 3.68. The van der Waals surface area contributed by atoms with Crippen LogP contribution in [-0.4, -0.2) is 15.9 Å². The van der Waals surface area contributed by atoms with Crippen molar-refractivity contribution in [3.05, 3.63) is 28.2 Å². The number of unbranched alkanes of at least 4 members (excludes halogenated alkanes) is 2. The molecule has 0 saturated heterocycles. The molecule has 0 fully saturated rings. The van der Waals surface area contributed by atoms with Gasteiger partial charge in [-0.2, -0.15) is 0 Å². The van der Waals surface area contributed by atoms with Gasteiger partial charge in [-0.15, -0.1) is 0 Å². The lowest BCUT2D eigenvalue weighted by atomic mass is 10.2. The van der Waals surface area contributed by atoms with Crippen molar-refractivity contribution in [1.29, 1.82) is 0 Å². The van der Waals surface area contributed by atoms with Gasteiger partial charge in [-0.3, -0.25) is 4.79 Å². The van der Waals surface area contributed by atoms with Gasteiger partial charge in [-0.05, 0) is 24.6 Å². The van der Waals surface area contributed by atoms with E-state index in [0.717, 1.165) is 19.3 Å². The van der Waals surface area contributed by atoms with Gasteiger partial charge in [0, 0.05) is 11.4 Å². The molecule has 1 amide bonds. The summed E-state index contributed by atoms with van der Waals surface area (Å²) in [6, 6.07) is 4.62. The van der Waals surface area contributed by atoms with Crippen molar-refractivity contribution < 1.29 is 9.53 Å². The van der Waals surface area contributed by atoms with Crippen molar-refractivity contribution >= 4 is 63.9 Å². The Morgan fingerprint density at radius 2 is 1.95 bits per heavy atom. The second-order valence-corrected chi connectivity index (χ2v) is 7.85. The number of carbonyl (C=O) groups is 1. The van der Waals surface area contributed by atoms with Gasteiger partial charge in [0.2, 0.25) is 15.9 Å². The number of alkyl halides is 3. The predicted molar refractivity (Wildman–Crippen MR) is 93.5 cm³/mol. The SMILES string of the molecule is CCCCCC(=O)NC(Oc1ccc(Cl)cc1Cl)C(Cl)(Cl)Cl. The van der Waals surface area contributed by atoms with Crippen molar-refractivity contribution in [2.45, 2.75) is 42.6 Å². The maximum absolute atomic E-state index is 11.9.